The van der Waals surface area contributed by atoms with Crippen molar-refractivity contribution in [3.63, 3.8) is 0 Å². The molecule has 0 aliphatic carbocycles. The Labute approximate surface area is 305 Å². The summed E-state index contributed by atoms with van der Waals surface area (Å²) in [7, 11) is 5.03. The highest BCUT2D eigenvalue weighted by atomic mass is 35.5. The lowest BCUT2D eigenvalue weighted by molar-refractivity contribution is 0.0944. The molecule has 8 N–H and O–H groups in total. The van der Waals surface area contributed by atoms with Gasteiger partial charge in [0.1, 0.15) is 17.1 Å². The van der Waals surface area contributed by atoms with Crippen LogP contribution in [0, 0.1) is 0 Å². The van der Waals surface area contributed by atoms with Crippen molar-refractivity contribution in [3.8, 4) is 0 Å². The molecule has 0 spiro atoms. The molecule has 0 aliphatic heterocycles. The van der Waals surface area contributed by atoms with Crippen molar-refractivity contribution in [2.45, 2.75) is 0 Å². The van der Waals surface area contributed by atoms with E-state index < -0.39 is 11.8 Å². The molecule has 0 fully saturated rings. The topological polar surface area (TPSA) is 199 Å². The number of carbonyl (C=O) groups excluding carboxylic acids is 4. The number of rotatable bonds is 15. The fraction of sp³-hybridized carbons (Fsp3) is 0.281. The quantitative estimate of drug-likeness (QED) is 0.0464. The van der Waals surface area contributed by atoms with E-state index in [1.165, 1.54) is 6.07 Å². The molecule has 50 heavy (non-hydrogen) atoms. The number of anilines is 4. The molecule has 0 bridgehead atoms. The Bertz CT molecular complexity index is 1840. The molecule has 0 saturated carbocycles. The van der Waals surface area contributed by atoms with Crippen LogP contribution in [0.15, 0.2) is 66.0 Å². The summed E-state index contributed by atoms with van der Waals surface area (Å²) < 4.78 is 4.73. The van der Waals surface area contributed by atoms with Crippen molar-refractivity contribution < 1.29 is 19.2 Å². The van der Waals surface area contributed by atoms with Gasteiger partial charge in [-0.25, -0.2) is 0 Å². The SMILES string of the molecule is Cl.Cn1cc(NC(=O)c2cc(NC(=O)c3cc(NC(=O)c4ccc(N(CCCl)CCCl)cc4)cn3C)cn2C)cc1C(=O)NCCN=C(N)N. The van der Waals surface area contributed by atoms with Gasteiger partial charge in [-0.3, -0.25) is 24.2 Å². The minimum absolute atomic E-state index is 0. The van der Waals surface area contributed by atoms with Gasteiger partial charge in [-0.05, 0) is 42.5 Å². The van der Waals surface area contributed by atoms with Crippen LogP contribution in [0.1, 0.15) is 41.8 Å². The number of hydrogen-bond donors (Lipinski definition) is 6. The maximum absolute atomic E-state index is 13.2. The Balaban J connectivity index is 0.00000676. The first-order chi connectivity index (χ1) is 23.4. The molecule has 0 unspecified atom stereocenters. The summed E-state index contributed by atoms with van der Waals surface area (Å²) in [5.74, 6) is -0.746. The number of carbonyl (C=O) groups is 4. The highest BCUT2D eigenvalue weighted by molar-refractivity contribution is 6.18. The summed E-state index contributed by atoms with van der Waals surface area (Å²) in [6.45, 7) is 1.73. The van der Waals surface area contributed by atoms with Gasteiger partial charge in [0.05, 0.1) is 23.6 Å². The Hall–Kier alpha value is -5.12. The highest BCUT2D eigenvalue weighted by Gasteiger charge is 2.19. The van der Waals surface area contributed by atoms with Crippen LogP contribution >= 0.6 is 35.6 Å². The van der Waals surface area contributed by atoms with E-state index in [9.17, 15) is 19.2 Å². The van der Waals surface area contributed by atoms with E-state index in [1.54, 1.807) is 77.7 Å². The number of nitrogens with two attached hydrogens (primary N) is 2. The van der Waals surface area contributed by atoms with Crippen molar-refractivity contribution in [2.24, 2.45) is 37.6 Å². The average Bonchev–Trinajstić information content (AvgIpc) is 3.74. The summed E-state index contributed by atoms with van der Waals surface area (Å²) in [6, 6.07) is 11.7. The largest absolute Gasteiger partial charge is 0.370 e. The number of nitrogens with one attached hydrogen (secondary N) is 4. The maximum Gasteiger partial charge on any atom is 0.272 e. The lowest BCUT2D eigenvalue weighted by Crippen LogP contribution is -2.29. The number of aryl methyl sites for hydroxylation is 3. The van der Waals surface area contributed by atoms with Crippen molar-refractivity contribution in [2.75, 3.05) is 58.8 Å². The van der Waals surface area contributed by atoms with Crippen LogP contribution in [0.25, 0.3) is 0 Å². The van der Waals surface area contributed by atoms with Crippen molar-refractivity contribution in [3.05, 3.63) is 83.7 Å². The third kappa shape index (κ3) is 10.2. The fourth-order valence-electron chi connectivity index (χ4n) is 5.01. The molecular weight excluding hydrogens is 709 g/mol. The zero-order chi connectivity index (χ0) is 35.7. The van der Waals surface area contributed by atoms with Gasteiger partial charge in [0, 0.05) is 82.4 Å². The molecule has 3 heterocycles. The lowest BCUT2D eigenvalue weighted by atomic mass is 10.1. The van der Waals surface area contributed by atoms with E-state index in [0.29, 0.717) is 53.2 Å². The first kappa shape index (κ1) is 39.3. The molecule has 0 aliphatic rings. The maximum atomic E-state index is 13.2. The number of halogens is 3. The number of amides is 4. The molecule has 4 aromatic rings. The van der Waals surface area contributed by atoms with Crippen molar-refractivity contribution >= 4 is 87.9 Å². The van der Waals surface area contributed by atoms with Crippen LogP contribution in [0.4, 0.5) is 22.7 Å². The molecule has 3 aromatic heterocycles. The average molecular weight is 749 g/mol. The second-order valence-electron chi connectivity index (χ2n) is 11.0. The smallest absolute Gasteiger partial charge is 0.272 e. The molecule has 268 valence electrons. The first-order valence-electron chi connectivity index (χ1n) is 15.1. The van der Waals surface area contributed by atoms with E-state index in [4.69, 9.17) is 34.7 Å². The highest BCUT2D eigenvalue weighted by Crippen LogP contribution is 2.21. The molecule has 0 atom stereocenters. The Morgan fingerprint density at radius 3 is 1.54 bits per heavy atom. The van der Waals surface area contributed by atoms with Crippen LogP contribution < -0.4 is 37.6 Å². The third-order valence-electron chi connectivity index (χ3n) is 7.38. The summed E-state index contributed by atoms with van der Waals surface area (Å²) in [4.78, 5) is 57.6. The van der Waals surface area contributed by atoms with Gasteiger partial charge in [0.25, 0.3) is 23.6 Å². The number of aromatic nitrogens is 3. The number of nitrogens with zero attached hydrogens (tertiary/aromatic N) is 5. The molecular formula is C32H40Cl3N11O4. The molecule has 4 amide bonds. The summed E-state index contributed by atoms with van der Waals surface area (Å²) in [5.41, 5.74) is 14.0. The number of benzene rings is 1. The number of hydrogen-bond acceptors (Lipinski definition) is 6. The van der Waals surface area contributed by atoms with E-state index in [-0.39, 0.29) is 54.7 Å². The van der Waals surface area contributed by atoms with Crippen LogP contribution in [0.5, 0.6) is 0 Å². The van der Waals surface area contributed by atoms with Gasteiger partial charge in [-0.1, -0.05) is 0 Å². The predicted octanol–water partition coefficient (Wildman–Crippen LogP) is 3.17. The molecule has 18 heteroatoms. The Kier molecular flexibility index (Phi) is 14.2. The van der Waals surface area contributed by atoms with E-state index in [0.717, 1.165) is 5.69 Å². The molecule has 1 aromatic carbocycles. The van der Waals surface area contributed by atoms with Gasteiger partial charge < -0.3 is 51.3 Å². The molecule has 0 radical (unpaired) electrons. The monoisotopic (exact) mass is 747 g/mol. The van der Waals surface area contributed by atoms with Gasteiger partial charge in [0.15, 0.2) is 5.96 Å². The lowest BCUT2D eigenvalue weighted by Gasteiger charge is -2.22. The standard InChI is InChI=1S/C32H39Cl2N11O4.ClH/c1-42-18-22(14-25(42)29(47)37-10-11-38-32(35)36)40-31(49)27-16-23(19-44(27)3)41-30(48)26-15-21(17-43(26)2)39-28(46)20-4-6-24(7-5-20)45(12-8-33)13-9-34;/h4-7,14-19H,8-13H2,1-3H3,(H,37,47)(H,39,46)(H,40,49)(H,41,48)(H4,35,36,38);1H. The number of alkyl halides is 2. The van der Waals surface area contributed by atoms with Crippen LogP contribution in [-0.2, 0) is 21.1 Å². The minimum atomic E-state index is -0.448. The van der Waals surface area contributed by atoms with E-state index in [1.807, 2.05) is 17.0 Å². The van der Waals surface area contributed by atoms with Crippen LogP contribution in [0.3, 0.4) is 0 Å². The Morgan fingerprint density at radius 1 is 0.700 bits per heavy atom. The number of aliphatic imine (C=N–C) groups is 1. The second kappa shape index (κ2) is 18.0. The van der Waals surface area contributed by atoms with Gasteiger partial charge >= 0.3 is 0 Å². The van der Waals surface area contributed by atoms with E-state index in [2.05, 4.69) is 26.3 Å². The van der Waals surface area contributed by atoms with Crippen LogP contribution in [0.2, 0.25) is 0 Å². The number of guanidine groups is 1. The first-order valence-corrected chi connectivity index (χ1v) is 16.2. The molecule has 4 rings (SSSR count). The zero-order valence-corrected chi connectivity index (χ0v) is 30.0. The van der Waals surface area contributed by atoms with Gasteiger partial charge in [-0.15, -0.1) is 35.6 Å². The molecule has 0 saturated heterocycles. The van der Waals surface area contributed by atoms with Crippen molar-refractivity contribution in [1.82, 2.24) is 19.0 Å². The fourth-order valence-corrected chi connectivity index (χ4v) is 5.42. The summed E-state index contributed by atoms with van der Waals surface area (Å²) >= 11 is 11.8. The normalized spacial score (nSPS) is 10.5. The predicted molar refractivity (Wildman–Crippen MR) is 200 cm³/mol. The summed E-state index contributed by atoms with van der Waals surface area (Å²) in [6.07, 6.45) is 4.84. The zero-order valence-electron chi connectivity index (χ0n) is 27.7. The van der Waals surface area contributed by atoms with Crippen molar-refractivity contribution in [1.29, 1.82) is 0 Å². The van der Waals surface area contributed by atoms with E-state index >= 15 is 0 Å². The minimum Gasteiger partial charge on any atom is -0.370 e. The van der Waals surface area contributed by atoms with Gasteiger partial charge in [0.2, 0.25) is 0 Å². The Morgan fingerprint density at radius 2 is 1.12 bits per heavy atom. The third-order valence-corrected chi connectivity index (χ3v) is 7.72. The van der Waals surface area contributed by atoms with Crippen LogP contribution in [-0.4, -0.2) is 81.2 Å². The summed E-state index contributed by atoms with van der Waals surface area (Å²) in [5, 5.41) is 11.1. The van der Waals surface area contributed by atoms with Gasteiger partial charge in [-0.2, -0.15) is 0 Å². The molecule has 15 nitrogen and oxygen atoms in total. The second-order valence-corrected chi connectivity index (χ2v) is 11.8.